The minimum absolute atomic E-state index is 0.0103. The number of nitrogens with zero attached hydrogens (tertiary/aromatic N) is 3. The monoisotopic (exact) mass is 330 g/mol. The number of aromatic nitrogens is 3. The number of rotatable bonds is 3. The Kier molecular flexibility index (Phi) is 3.69. The van der Waals surface area contributed by atoms with Gasteiger partial charge in [-0.2, -0.15) is 0 Å². The molecule has 0 saturated heterocycles. The van der Waals surface area contributed by atoms with Gasteiger partial charge in [-0.05, 0) is 36.1 Å². The molecule has 0 aliphatic heterocycles. The van der Waals surface area contributed by atoms with E-state index in [1.165, 1.54) is 0 Å². The van der Waals surface area contributed by atoms with Crippen LogP contribution < -0.4 is 5.32 Å². The normalized spacial score (nSPS) is 11.1. The molecule has 0 unspecified atom stereocenters. The zero-order valence-electron chi connectivity index (χ0n) is 14.2. The molecule has 1 N–H and O–H groups in total. The van der Waals surface area contributed by atoms with Crippen molar-refractivity contribution in [1.29, 1.82) is 0 Å². The van der Waals surface area contributed by atoms with E-state index in [1.54, 1.807) is 4.80 Å². The molecule has 0 spiro atoms. The van der Waals surface area contributed by atoms with Gasteiger partial charge in [-0.15, -0.1) is 15.0 Å². The van der Waals surface area contributed by atoms with Crippen LogP contribution >= 0.6 is 0 Å². The van der Waals surface area contributed by atoms with Crippen molar-refractivity contribution in [2.24, 2.45) is 0 Å². The lowest BCUT2D eigenvalue weighted by atomic mass is 10.1. The second-order valence-electron chi connectivity index (χ2n) is 6.05. The average Bonchev–Trinajstić information content (AvgIpc) is 3.03. The van der Waals surface area contributed by atoms with E-state index in [2.05, 4.69) is 33.7 Å². The summed E-state index contributed by atoms with van der Waals surface area (Å²) in [6, 6.07) is 18.1. The molecule has 1 amide bonds. The molecule has 0 fully saturated rings. The third-order valence-corrected chi connectivity index (χ3v) is 4.30. The first kappa shape index (κ1) is 15.3. The van der Waals surface area contributed by atoms with Gasteiger partial charge >= 0.3 is 0 Å². The number of benzene rings is 3. The second-order valence-corrected chi connectivity index (χ2v) is 6.05. The van der Waals surface area contributed by atoms with E-state index in [4.69, 9.17) is 0 Å². The van der Waals surface area contributed by atoms with Gasteiger partial charge in [-0.1, -0.05) is 43.3 Å². The predicted octanol–water partition coefficient (Wildman–Crippen LogP) is 4.23. The van der Waals surface area contributed by atoms with Crippen LogP contribution in [0.2, 0.25) is 0 Å². The van der Waals surface area contributed by atoms with Crippen LogP contribution in [0.1, 0.15) is 18.9 Å². The fraction of sp³-hybridized carbons (Fsp3) is 0.150. The lowest BCUT2D eigenvalue weighted by Gasteiger charge is -2.06. The Morgan fingerprint density at radius 1 is 1.04 bits per heavy atom. The Bertz CT molecular complexity index is 1090. The van der Waals surface area contributed by atoms with Gasteiger partial charge in [0.25, 0.3) is 0 Å². The summed E-state index contributed by atoms with van der Waals surface area (Å²) in [4.78, 5) is 13.4. The summed E-state index contributed by atoms with van der Waals surface area (Å²) in [5.41, 5.74) is 4.25. The highest BCUT2D eigenvalue weighted by atomic mass is 16.1. The van der Waals surface area contributed by atoms with Crippen LogP contribution in [0.4, 0.5) is 5.69 Å². The van der Waals surface area contributed by atoms with Gasteiger partial charge in [-0.25, -0.2) is 0 Å². The van der Waals surface area contributed by atoms with Crippen LogP contribution in [-0.4, -0.2) is 20.9 Å². The summed E-state index contributed by atoms with van der Waals surface area (Å²) in [6.45, 7) is 3.79. The quantitative estimate of drug-likeness (QED) is 0.611. The Hall–Kier alpha value is -3.21. The van der Waals surface area contributed by atoms with Crippen molar-refractivity contribution in [3.05, 3.63) is 60.2 Å². The van der Waals surface area contributed by atoms with Gasteiger partial charge in [0.15, 0.2) is 0 Å². The molecule has 0 radical (unpaired) electrons. The molecule has 3 aromatic carbocycles. The van der Waals surface area contributed by atoms with Crippen LogP contribution in [-0.2, 0) is 4.79 Å². The standard InChI is InChI=1S/C20H18N4O/c1-3-20(25)21-16-12-18-17(11-13(16)2)22-24(23-18)19-10-6-8-14-7-4-5-9-15(14)19/h4-12H,3H2,1-2H3,(H,21,25). The largest absolute Gasteiger partial charge is 0.326 e. The van der Waals surface area contributed by atoms with E-state index < -0.39 is 0 Å². The van der Waals surface area contributed by atoms with Gasteiger partial charge in [0.2, 0.25) is 5.91 Å². The first-order valence-electron chi connectivity index (χ1n) is 8.31. The first-order valence-corrected chi connectivity index (χ1v) is 8.31. The van der Waals surface area contributed by atoms with Gasteiger partial charge < -0.3 is 5.32 Å². The van der Waals surface area contributed by atoms with E-state index in [0.29, 0.717) is 6.42 Å². The highest BCUT2D eigenvalue weighted by molar-refractivity contribution is 5.94. The van der Waals surface area contributed by atoms with Crippen molar-refractivity contribution < 1.29 is 4.79 Å². The maximum absolute atomic E-state index is 11.7. The maximum atomic E-state index is 11.7. The van der Waals surface area contributed by atoms with Gasteiger partial charge in [0.1, 0.15) is 11.0 Å². The summed E-state index contributed by atoms with van der Waals surface area (Å²) < 4.78 is 0. The molecule has 1 heterocycles. The molecule has 25 heavy (non-hydrogen) atoms. The number of fused-ring (bicyclic) bond motifs is 2. The minimum Gasteiger partial charge on any atom is -0.326 e. The molecule has 124 valence electrons. The molecule has 4 aromatic rings. The highest BCUT2D eigenvalue weighted by Gasteiger charge is 2.11. The Balaban J connectivity index is 1.85. The molecule has 0 saturated carbocycles. The number of anilines is 1. The summed E-state index contributed by atoms with van der Waals surface area (Å²) >= 11 is 0. The van der Waals surface area contributed by atoms with Gasteiger partial charge in [0, 0.05) is 17.5 Å². The van der Waals surface area contributed by atoms with Crippen LogP contribution in [0.25, 0.3) is 27.5 Å². The lowest BCUT2D eigenvalue weighted by molar-refractivity contribution is -0.115. The van der Waals surface area contributed by atoms with Crippen molar-refractivity contribution >= 4 is 33.4 Å². The molecule has 0 aliphatic carbocycles. The zero-order chi connectivity index (χ0) is 17.4. The average molecular weight is 330 g/mol. The summed E-state index contributed by atoms with van der Waals surface area (Å²) in [5.74, 6) is -0.0103. The molecular weight excluding hydrogens is 312 g/mol. The van der Waals surface area contributed by atoms with Crippen LogP contribution in [0.5, 0.6) is 0 Å². The molecule has 0 atom stereocenters. The molecule has 5 heteroatoms. The van der Waals surface area contributed by atoms with Crippen LogP contribution in [0.15, 0.2) is 54.6 Å². The number of carbonyl (C=O) groups is 1. The smallest absolute Gasteiger partial charge is 0.224 e. The SMILES string of the molecule is CCC(=O)Nc1cc2nn(-c3cccc4ccccc34)nc2cc1C. The number of nitrogens with one attached hydrogen (secondary N) is 1. The van der Waals surface area contributed by atoms with Crippen molar-refractivity contribution in [3.63, 3.8) is 0 Å². The lowest BCUT2D eigenvalue weighted by Crippen LogP contribution is -2.10. The number of amides is 1. The minimum atomic E-state index is -0.0103. The molecule has 5 nitrogen and oxygen atoms in total. The van der Waals surface area contributed by atoms with E-state index in [1.807, 2.05) is 50.2 Å². The van der Waals surface area contributed by atoms with Crippen LogP contribution in [0.3, 0.4) is 0 Å². The molecule has 0 bridgehead atoms. The highest BCUT2D eigenvalue weighted by Crippen LogP contribution is 2.25. The number of hydrogen-bond acceptors (Lipinski definition) is 3. The van der Waals surface area contributed by atoms with Crippen molar-refractivity contribution in [2.75, 3.05) is 5.32 Å². The van der Waals surface area contributed by atoms with Crippen LogP contribution in [0, 0.1) is 6.92 Å². The third-order valence-electron chi connectivity index (χ3n) is 4.30. The van der Waals surface area contributed by atoms with E-state index in [0.717, 1.165) is 38.7 Å². The second kappa shape index (κ2) is 6.02. The van der Waals surface area contributed by atoms with E-state index in [9.17, 15) is 4.79 Å². The van der Waals surface area contributed by atoms with Crippen molar-refractivity contribution in [3.8, 4) is 5.69 Å². The third kappa shape index (κ3) is 2.74. The number of aryl methyl sites for hydroxylation is 1. The molecular formula is C20H18N4O. The fourth-order valence-electron chi connectivity index (χ4n) is 2.93. The Morgan fingerprint density at radius 3 is 2.56 bits per heavy atom. The fourth-order valence-corrected chi connectivity index (χ4v) is 2.93. The Morgan fingerprint density at radius 2 is 1.76 bits per heavy atom. The summed E-state index contributed by atoms with van der Waals surface area (Å²) in [6.07, 6.45) is 0.445. The molecule has 1 aromatic heterocycles. The van der Waals surface area contributed by atoms with E-state index >= 15 is 0 Å². The number of hydrogen-bond donors (Lipinski definition) is 1. The molecule has 0 aliphatic rings. The summed E-state index contributed by atoms with van der Waals surface area (Å²) in [5, 5.41) is 14.4. The van der Waals surface area contributed by atoms with Crippen molar-refractivity contribution in [2.45, 2.75) is 20.3 Å². The van der Waals surface area contributed by atoms with Gasteiger partial charge in [0.05, 0.1) is 5.69 Å². The predicted molar refractivity (Wildman–Crippen MR) is 100 cm³/mol. The first-order chi connectivity index (χ1) is 12.2. The topological polar surface area (TPSA) is 59.8 Å². The van der Waals surface area contributed by atoms with Gasteiger partial charge in [-0.3, -0.25) is 4.79 Å². The summed E-state index contributed by atoms with van der Waals surface area (Å²) in [7, 11) is 0. The number of carbonyl (C=O) groups excluding carboxylic acids is 1. The maximum Gasteiger partial charge on any atom is 0.224 e. The van der Waals surface area contributed by atoms with Crippen molar-refractivity contribution in [1.82, 2.24) is 15.0 Å². The van der Waals surface area contributed by atoms with E-state index in [-0.39, 0.29) is 5.91 Å². The molecule has 4 rings (SSSR count). The zero-order valence-corrected chi connectivity index (χ0v) is 14.2. The Labute approximate surface area is 145 Å².